The number of carbonyl (C=O) groups is 2. The maximum absolute atomic E-state index is 12.3. The Labute approximate surface area is 179 Å². The normalized spacial score (nSPS) is 16.5. The van der Waals surface area contributed by atoms with E-state index in [1.807, 2.05) is 32.9 Å². The molecule has 29 heavy (non-hydrogen) atoms. The number of carbonyl (C=O) groups excluding carboxylic acids is 2. The van der Waals surface area contributed by atoms with Crippen molar-refractivity contribution in [2.45, 2.75) is 45.1 Å². The van der Waals surface area contributed by atoms with Crippen LogP contribution in [-0.4, -0.2) is 51.3 Å². The van der Waals surface area contributed by atoms with Crippen molar-refractivity contribution in [1.82, 2.24) is 10.6 Å². The van der Waals surface area contributed by atoms with Crippen LogP contribution in [0.2, 0.25) is 0 Å². The predicted octanol–water partition coefficient (Wildman–Crippen LogP) is 1.69. The smallest absolute Gasteiger partial charge is 0.239 e. The van der Waals surface area contributed by atoms with Crippen LogP contribution in [0.4, 0.5) is 0 Å². The average molecular weight is 428 g/mol. The van der Waals surface area contributed by atoms with E-state index in [1.54, 1.807) is 7.11 Å². The Morgan fingerprint density at radius 1 is 1.24 bits per heavy atom. The van der Waals surface area contributed by atoms with Crippen LogP contribution in [0.25, 0.3) is 0 Å². The van der Waals surface area contributed by atoms with Crippen LogP contribution in [0.15, 0.2) is 18.2 Å². The molecule has 1 atom stereocenters. The Hall–Kier alpha value is -1.83. The van der Waals surface area contributed by atoms with Gasteiger partial charge in [-0.15, -0.1) is 12.4 Å². The van der Waals surface area contributed by atoms with Gasteiger partial charge in [-0.3, -0.25) is 9.59 Å². The monoisotopic (exact) mass is 427 g/mol. The maximum Gasteiger partial charge on any atom is 0.239 e. The fourth-order valence-corrected chi connectivity index (χ4v) is 3.46. The van der Waals surface area contributed by atoms with E-state index in [0.29, 0.717) is 19.8 Å². The van der Waals surface area contributed by atoms with Gasteiger partial charge in [0, 0.05) is 30.7 Å². The van der Waals surface area contributed by atoms with E-state index in [0.717, 1.165) is 29.7 Å². The van der Waals surface area contributed by atoms with E-state index in [4.69, 9.17) is 15.2 Å². The van der Waals surface area contributed by atoms with Crippen LogP contribution in [0.3, 0.4) is 0 Å². The number of rotatable bonds is 8. The van der Waals surface area contributed by atoms with Crippen LogP contribution >= 0.6 is 12.4 Å². The van der Waals surface area contributed by atoms with Gasteiger partial charge in [-0.05, 0) is 31.7 Å². The Balaban J connectivity index is 0.00000420. The molecule has 1 saturated heterocycles. The molecule has 0 spiro atoms. The van der Waals surface area contributed by atoms with Crippen LogP contribution in [0, 0.1) is 12.8 Å². The fraction of sp³-hybridized carbons (Fsp3) is 0.619. The van der Waals surface area contributed by atoms with E-state index in [9.17, 15) is 9.59 Å². The minimum Gasteiger partial charge on any atom is -0.496 e. The van der Waals surface area contributed by atoms with E-state index >= 15 is 0 Å². The zero-order chi connectivity index (χ0) is 20.7. The highest BCUT2D eigenvalue weighted by Crippen LogP contribution is 2.39. The first-order valence-electron chi connectivity index (χ1n) is 9.82. The topological polar surface area (TPSA) is 103 Å². The highest BCUT2D eigenvalue weighted by molar-refractivity contribution is 5.87. The van der Waals surface area contributed by atoms with Crippen molar-refractivity contribution in [2.75, 3.05) is 33.4 Å². The number of nitrogens with two attached hydrogens (primary N) is 1. The first-order chi connectivity index (χ1) is 13.3. The Morgan fingerprint density at radius 3 is 2.48 bits per heavy atom. The third kappa shape index (κ3) is 6.59. The zero-order valence-corrected chi connectivity index (χ0v) is 18.6. The lowest BCUT2D eigenvalue weighted by atomic mass is 9.73. The van der Waals surface area contributed by atoms with Gasteiger partial charge in [0.1, 0.15) is 5.75 Å². The molecule has 0 saturated carbocycles. The van der Waals surface area contributed by atoms with Gasteiger partial charge in [0.15, 0.2) is 0 Å². The number of hydrogen-bond acceptors (Lipinski definition) is 5. The van der Waals surface area contributed by atoms with Gasteiger partial charge in [0.2, 0.25) is 11.8 Å². The number of amides is 2. The lowest BCUT2D eigenvalue weighted by molar-refractivity contribution is -0.127. The molecule has 1 aromatic carbocycles. The summed E-state index contributed by atoms with van der Waals surface area (Å²) in [4.78, 5) is 24.3. The van der Waals surface area contributed by atoms with Crippen LogP contribution in [-0.2, 0) is 19.7 Å². The van der Waals surface area contributed by atoms with Gasteiger partial charge < -0.3 is 25.8 Å². The summed E-state index contributed by atoms with van der Waals surface area (Å²) in [5.74, 6) is 0.286. The maximum atomic E-state index is 12.3. The van der Waals surface area contributed by atoms with Gasteiger partial charge in [-0.25, -0.2) is 0 Å². The highest BCUT2D eigenvalue weighted by atomic mass is 35.5. The van der Waals surface area contributed by atoms with Crippen molar-refractivity contribution in [1.29, 1.82) is 0 Å². The third-order valence-corrected chi connectivity index (χ3v) is 5.44. The van der Waals surface area contributed by atoms with Crippen LogP contribution in [0.5, 0.6) is 5.75 Å². The second-order valence-electron chi connectivity index (χ2n) is 7.86. The molecular weight excluding hydrogens is 394 g/mol. The summed E-state index contributed by atoms with van der Waals surface area (Å²) in [6, 6.07) is 5.49. The summed E-state index contributed by atoms with van der Waals surface area (Å²) >= 11 is 0. The number of halogens is 1. The summed E-state index contributed by atoms with van der Waals surface area (Å²) in [6.07, 6.45) is 1.58. The van der Waals surface area contributed by atoms with Crippen molar-refractivity contribution in [3.63, 3.8) is 0 Å². The molecule has 1 heterocycles. The number of hydrogen-bond donors (Lipinski definition) is 3. The van der Waals surface area contributed by atoms with Crippen molar-refractivity contribution >= 4 is 24.2 Å². The summed E-state index contributed by atoms with van der Waals surface area (Å²) < 4.78 is 11.1. The van der Waals surface area contributed by atoms with Gasteiger partial charge in [-0.1, -0.05) is 31.5 Å². The molecule has 1 aliphatic heterocycles. The summed E-state index contributed by atoms with van der Waals surface area (Å²) in [7, 11) is 1.66. The quantitative estimate of drug-likeness (QED) is 0.585. The molecule has 1 fully saturated rings. The molecule has 4 N–H and O–H groups in total. The van der Waals surface area contributed by atoms with Gasteiger partial charge in [-0.2, -0.15) is 0 Å². The van der Waals surface area contributed by atoms with Crippen molar-refractivity contribution in [2.24, 2.45) is 11.7 Å². The summed E-state index contributed by atoms with van der Waals surface area (Å²) in [5, 5.41) is 5.59. The van der Waals surface area contributed by atoms with Gasteiger partial charge in [0.25, 0.3) is 0 Å². The first kappa shape index (κ1) is 25.2. The molecule has 2 amide bonds. The lowest BCUT2D eigenvalue weighted by Crippen LogP contribution is -2.49. The molecule has 164 valence electrons. The molecule has 0 aliphatic carbocycles. The lowest BCUT2D eigenvalue weighted by Gasteiger charge is -2.38. The Kier molecular flexibility index (Phi) is 9.89. The molecule has 0 aromatic heterocycles. The molecule has 0 unspecified atom stereocenters. The van der Waals surface area contributed by atoms with E-state index in [1.165, 1.54) is 0 Å². The average Bonchev–Trinajstić information content (AvgIpc) is 2.70. The molecule has 7 nitrogen and oxygen atoms in total. The van der Waals surface area contributed by atoms with E-state index < -0.39 is 6.04 Å². The second kappa shape index (κ2) is 11.4. The summed E-state index contributed by atoms with van der Waals surface area (Å²) in [5.41, 5.74) is 7.78. The Bertz CT molecular complexity index is 691. The third-order valence-electron chi connectivity index (χ3n) is 5.44. The van der Waals surface area contributed by atoms with E-state index in [-0.39, 0.29) is 42.1 Å². The van der Waals surface area contributed by atoms with Crippen LogP contribution < -0.4 is 21.1 Å². The Morgan fingerprint density at radius 2 is 1.90 bits per heavy atom. The summed E-state index contributed by atoms with van der Waals surface area (Å²) in [6.45, 7) is 7.42. The van der Waals surface area contributed by atoms with Crippen molar-refractivity contribution in [3.8, 4) is 5.75 Å². The van der Waals surface area contributed by atoms with E-state index in [2.05, 4.69) is 16.7 Å². The largest absolute Gasteiger partial charge is 0.496 e. The van der Waals surface area contributed by atoms with Gasteiger partial charge in [0.05, 0.1) is 19.7 Å². The highest BCUT2D eigenvalue weighted by Gasteiger charge is 2.37. The number of aryl methyl sites for hydroxylation is 1. The number of methoxy groups -OCH3 is 1. The standard InChI is InChI=1S/C21H33N3O4.ClH/c1-14(2)19(22)20(26)23-12-18(25)24-13-21(7-9-28-10-8-21)16-11-15(3)5-6-17(16)27-4;/h5-6,11,14,19H,7-10,12-13,22H2,1-4H3,(H,23,26)(H,24,25);1H/t19-;/m0./s1. The zero-order valence-electron chi connectivity index (χ0n) is 17.7. The predicted molar refractivity (Wildman–Crippen MR) is 116 cm³/mol. The molecule has 1 aromatic rings. The molecule has 0 bridgehead atoms. The molecule has 0 radical (unpaired) electrons. The number of benzene rings is 1. The second-order valence-corrected chi connectivity index (χ2v) is 7.86. The molecule has 8 heteroatoms. The molecular formula is C21H34ClN3O4. The molecule has 2 rings (SSSR count). The first-order valence-corrected chi connectivity index (χ1v) is 9.82. The van der Waals surface area contributed by atoms with Gasteiger partial charge >= 0.3 is 0 Å². The van der Waals surface area contributed by atoms with Crippen LogP contribution in [0.1, 0.15) is 37.8 Å². The van der Waals surface area contributed by atoms with Crippen molar-refractivity contribution in [3.05, 3.63) is 29.3 Å². The minimum atomic E-state index is -0.619. The molecule has 1 aliphatic rings. The number of nitrogens with one attached hydrogen (secondary N) is 2. The minimum absolute atomic E-state index is 0. The number of ether oxygens (including phenoxy) is 2. The van der Waals surface area contributed by atoms with Crippen molar-refractivity contribution < 1.29 is 19.1 Å². The SMILES string of the molecule is COc1ccc(C)cc1C1(CNC(=O)CNC(=O)[C@@H](N)C(C)C)CCOCC1.Cl. The fourth-order valence-electron chi connectivity index (χ4n) is 3.46.